The lowest BCUT2D eigenvalue weighted by atomic mass is 9.74. The number of hydrogen-bond donors (Lipinski definition) is 1. The van der Waals surface area contributed by atoms with Crippen LogP contribution in [-0.2, 0) is 28.7 Å². The number of halogens is 1. The van der Waals surface area contributed by atoms with Gasteiger partial charge in [-0.3, -0.25) is 19.2 Å². The second kappa shape index (κ2) is 13.8. The summed E-state index contributed by atoms with van der Waals surface area (Å²) in [6.45, 7) is 6.18. The first-order chi connectivity index (χ1) is 21.6. The summed E-state index contributed by atoms with van der Waals surface area (Å²) in [7, 11) is 1.71. The molecule has 10 nitrogen and oxygen atoms in total. The van der Waals surface area contributed by atoms with Crippen LogP contribution >= 0.6 is 15.9 Å². The van der Waals surface area contributed by atoms with Gasteiger partial charge in [0, 0.05) is 31.0 Å². The van der Waals surface area contributed by atoms with Crippen LogP contribution in [-0.4, -0.2) is 100 Å². The summed E-state index contributed by atoms with van der Waals surface area (Å²) in [4.78, 5) is 61.4. The first-order valence-corrected chi connectivity index (χ1v) is 16.8. The van der Waals surface area contributed by atoms with Crippen LogP contribution in [0.4, 0.5) is 0 Å². The molecule has 1 spiro atoms. The Kier molecular flexibility index (Phi) is 10.2. The Morgan fingerprint density at radius 3 is 2.47 bits per heavy atom. The van der Waals surface area contributed by atoms with Gasteiger partial charge in [0.05, 0.1) is 24.6 Å². The summed E-state index contributed by atoms with van der Waals surface area (Å²) >= 11 is 3.59. The highest BCUT2D eigenvalue weighted by atomic mass is 79.9. The minimum absolute atomic E-state index is 0.0975. The van der Waals surface area contributed by atoms with Crippen LogP contribution in [0.15, 0.2) is 53.0 Å². The van der Waals surface area contributed by atoms with E-state index in [-0.39, 0.29) is 24.8 Å². The van der Waals surface area contributed by atoms with Gasteiger partial charge in [0.2, 0.25) is 17.7 Å². The number of esters is 1. The van der Waals surface area contributed by atoms with Gasteiger partial charge in [0.1, 0.15) is 29.8 Å². The van der Waals surface area contributed by atoms with Gasteiger partial charge in [0.15, 0.2) is 0 Å². The molecule has 1 N–H and O–H groups in total. The van der Waals surface area contributed by atoms with E-state index >= 15 is 0 Å². The first-order valence-electron chi connectivity index (χ1n) is 16.0. The molecule has 0 unspecified atom stereocenters. The second-order valence-electron chi connectivity index (χ2n) is 12.5. The molecular weight excluding hydrogens is 642 g/mol. The molecule has 1 aromatic carbocycles. The summed E-state index contributed by atoms with van der Waals surface area (Å²) in [5, 5.41) is 10.4. The molecule has 3 amide bonds. The Hall–Kier alpha value is -3.02. The standard InChI is InChI=1S/C34H44BrN3O7/c1-5-7-17-37-18-13-9-12-16-25(40)36(4)21(3)28(22-14-10-8-11-15-22)44-33(43)26-27-31(41)38(23(6-2)20-39)30(32(37)42)34(27)19-24(35)29(26)45-34/h8-11,13-15,19,21,23,26-30,39H,5-7,12,16-18,20H2,1-4H3/b13-9-/t21-,23-,26+,27-,28+,29+,30+,34-/m0/s1. The number of ether oxygens (including phenoxy) is 2. The van der Waals surface area contributed by atoms with Crippen molar-refractivity contribution in [3.63, 3.8) is 0 Å². The predicted octanol–water partition coefficient (Wildman–Crippen LogP) is 3.74. The van der Waals surface area contributed by atoms with Gasteiger partial charge in [-0.05, 0) is 37.8 Å². The predicted molar refractivity (Wildman–Crippen MR) is 171 cm³/mol. The average molecular weight is 687 g/mol. The van der Waals surface area contributed by atoms with E-state index in [0.29, 0.717) is 30.4 Å². The van der Waals surface area contributed by atoms with E-state index in [0.717, 1.165) is 18.4 Å². The van der Waals surface area contributed by atoms with Crippen molar-refractivity contribution in [3.05, 3.63) is 58.6 Å². The lowest BCUT2D eigenvalue weighted by Gasteiger charge is -2.38. The lowest BCUT2D eigenvalue weighted by molar-refractivity contribution is -0.164. The maximum atomic E-state index is 14.6. The van der Waals surface area contributed by atoms with Crippen molar-refractivity contribution < 1.29 is 33.8 Å². The quantitative estimate of drug-likeness (QED) is 0.343. The molecule has 0 saturated carbocycles. The molecule has 8 atom stereocenters. The number of likely N-dealkylation sites (tertiary alicyclic amines) is 1. The number of amides is 3. The highest BCUT2D eigenvalue weighted by Crippen LogP contribution is 2.59. The normalized spacial score (nSPS) is 33.7. The van der Waals surface area contributed by atoms with Crippen LogP contribution in [0.2, 0.25) is 0 Å². The number of allylic oxidation sites excluding steroid dienone is 1. The molecule has 0 aromatic heterocycles. The molecule has 0 aliphatic carbocycles. The van der Waals surface area contributed by atoms with Crippen molar-refractivity contribution in [2.75, 3.05) is 26.7 Å². The first kappa shape index (κ1) is 33.3. The number of unbranched alkanes of at least 4 members (excludes halogenated alkanes) is 1. The Labute approximate surface area is 273 Å². The zero-order valence-corrected chi connectivity index (χ0v) is 28.0. The third kappa shape index (κ3) is 5.87. The van der Waals surface area contributed by atoms with Crippen LogP contribution in [0.5, 0.6) is 0 Å². The molecule has 1 aromatic rings. The molecule has 45 heavy (non-hydrogen) atoms. The number of aliphatic hydroxyl groups excluding tert-OH is 1. The van der Waals surface area contributed by atoms with Gasteiger partial charge in [0.25, 0.3) is 0 Å². The number of carbonyl (C=O) groups is 4. The lowest BCUT2D eigenvalue weighted by Crippen LogP contribution is -2.58. The fraction of sp³-hybridized carbons (Fsp3) is 0.588. The summed E-state index contributed by atoms with van der Waals surface area (Å²) < 4.78 is 13.5. The van der Waals surface area contributed by atoms with Gasteiger partial charge >= 0.3 is 5.97 Å². The molecule has 4 aliphatic heterocycles. The number of fused-ring (bicyclic) bond motifs is 2. The van der Waals surface area contributed by atoms with Crippen LogP contribution < -0.4 is 0 Å². The Morgan fingerprint density at radius 1 is 1.07 bits per heavy atom. The summed E-state index contributed by atoms with van der Waals surface area (Å²) in [5.41, 5.74) is -0.693. The molecule has 244 valence electrons. The largest absolute Gasteiger partial charge is 0.455 e. The van der Waals surface area contributed by atoms with Crippen molar-refractivity contribution in [3.8, 4) is 0 Å². The SMILES string of the molecule is CCCCN1C/C=C\CCC(=O)N(C)[C@@H](C)[C@H](c2ccccc2)OC(=O)[C@H]2[C@@H]3O[C@@]4(C=C3Br)[C@@H]2C(=O)N([C@@H](CC)CO)[C@@H]4C1=O. The number of rotatable bonds is 7. The van der Waals surface area contributed by atoms with Crippen molar-refractivity contribution in [1.82, 2.24) is 14.7 Å². The molecule has 11 heteroatoms. The monoisotopic (exact) mass is 685 g/mol. The number of nitrogens with zero attached hydrogens (tertiary/aromatic N) is 3. The smallest absolute Gasteiger partial charge is 0.313 e. The zero-order valence-electron chi connectivity index (χ0n) is 26.4. The van der Waals surface area contributed by atoms with Crippen LogP contribution in [0, 0.1) is 11.8 Å². The number of hydrogen-bond acceptors (Lipinski definition) is 7. The highest BCUT2D eigenvalue weighted by Gasteiger charge is 2.75. The van der Waals surface area contributed by atoms with Crippen molar-refractivity contribution >= 4 is 39.6 Å². The third-order valence-electron chi connectivity index (χ3n) is 9.87. The van der Waals surface area contributed by atoms with Crippen molar-refractivity contribution in [2.24, 2.45) is 11.8 Å². The maximum absolute atomic E-state index is 14.6. The summed E-state index contributed by atoms with van der Waals surface area (Å²) in [6.07, 6.45) is 6.73. The highest BCUT2D eigenvalue weighted by molar-refractivity contribution is 9.11. The van der Waals surface area contributed by atoms with Crippen LogP contribution in [0.1, 0.15) is 64.5 Å². The zero-order chi connectivity index (χ0) is 32.5. The Bertz CT molecular complexity index is 1350. The van der Waals surface area contributed by atoms with Gasteiger partial charge in [-0.25, -0.2) is 0 Å². The molecular formula is C34H44BrN3O7. The minimum atomic E-state index is -1.41. The number of cyclic esters (lactones) is 1. The van der Waals surface area contributed by atoms with E-state index in [1.54, 1.807) is 22.9 Å². The number of aliphatic hydroxyl groups is 1. The number of benzene rings is 1. The van der Waals surface area contributed by atoms with E-state index < -0.39 is 59.6 Å². The number of likely N-dealkylation sites (N-methyl/N-ethyl adjacent to an activating group) is 1. The van der Waals surface area contributed by atoms with E-state index in [2.05, 4.69) is 15.9 Å². The van der Waals surface area contributed by atoms with Gasteiger partial charge in [-0.1, -0.05) is 78.7 Å². The summed E-state index contributed by atoms with van der Waals surface area (Å²) in [5.74, 6) is -3.48. The van der Waals surface area contributed by atoms with Gasteiger partial charge in [-0.15, -0.1) is 0 Å². The maximum Gasteiger partial charge on any atom is 0.313 e. The van der Waals surface area contributed by atoms with Crippen LogP contribution in [0.25, 0.3) is 0 Å². The molecule has 2 fully saturated rings. The second-order valence-corrected chi connectivity index (χ2v) is 13.4. The molecule has 0 radical (unpaired) electrons. The van der Waals surface area contributed by atoms with Gasteiger partial charge in [-0.2, -0.15) is 0 Å². The Balaban J connectivity index is 1.64. The topological polar surface area (TPSA) is 117 Å². The number of carbonyl (C=O) groups excluding carboxylic acids is 4. The van der Waals surface area contributed by atoms with Crippen LogP contribution in [0.3, 0.4) is 0 Å². The third-order valence-corrected chi connectivity index (χ3v) is 10.5. The van der Waals surface area contributed by atoms with Crippen molar-refractivity contribution in [1.29, 1.82) is 0 Å². The minimum Gasteiger partial charge on any atom is -0.455 e. The Morgan fingerprint density at radius 2 is 1.80 bits per heavy atom. The molecule has 4 heterocycles. The van der Waals surface area contributed by atoms with E-state index in [1.165, 1.54) is 4.90 Å². The van der Waals surface area contributed by atoms with E-state index in [9.17, 15) is 24.3 Å². The fourth-order valence-electron chi connectivity index (χ4n) is 7.25. The molecule has 2 saturated heterocycles. The van der Waals surface area contributed by atoms with Crippen molar-refractivity contribution in [2.45, 2.75) is 88.8 Å². The molecule has 4 aliphatic rings. The molecule has 5 rings (SSSR count). The molecule has 5 bridgehead atoms. The van der Waals surface area contributed by atoms with Gasteiger partial charge < -0.3 is 29.3 Å². The average Bonchev–Trinajstić information content (AvgIpc) is 3.64. The fourth-order valence-corrected chi connectivity index (χ4v) is 7.99. The summed E-state index contributed by atoms with van der Waals surface area (Å²) in [6, 6.07) is 7.04. The van der Waals surface area contributed by atoms with E-state index in [4.69, 9.17) is 9.47 Å². The van der Waals surface area contributed by atoms with E-state index in [1.807, 2.05) is 63.3 Å².